The number of halogens is 1. The first kappa shape index (κ1) is 14.5. The highest BCUT2D eigenvalue weighted by atomic mass is 79.9. The van der Waals surface area contributed by atoms with Crippen LogP contribution in [0.2, 0.25) is 0 Å². The quantitative estimate of drug-likeness (QED) is 0.826. The van der Waals surface area contributed by atoms with Crippen molar-refractivity contribution in [3.63, 3.8) is 0 Å². The molecule has 3 nitrogen and oxygen atoms in total. The molecule has 0 aliphatic carbocycles. The minimum atomic E-state index is 0.847. The lowest BCUT2D eigenvalue weighted by Gasteiger charge is -2.17. The van der Waals surface area contributed by atoms with E-state index in [1.54, 1.807) is 18.4 Å². The molecule has 5 heteroatoms. The average molecular weight is 341 g/mol. The Kier molecular flexibility index (Phi) is 4.96. The van der Waals surface area contributed by atoms with E-state index in [4.69, 9.17) is 4.74 Å². The van der Waals surface area contributed by atoms with Crippen LogP contribution in [0, 0.1) is 6.92 Å². The van der Waals surface area contributed by atoms with E-state index in [1.807, 2.05) is 25.3 Å². The molecule has 0 amide bonds. The third-order valence-corrected chi connectivity index (χ3v) is 4.17. The number of hydrogen-bond acceptors (Lipinski definition) is 4. The smallest absolute Gasteiger partial charge is 0.123 e. The predicted molar refractivity (Wildman–Crippen MR) is 82.7 cm³/mol. The van der Waals surface area contributed by atoms with Crippen molar-refractivity contribution in [2.75, 3.05) is 14.2 Å². The van der Waals surface area contributed by atoms with E-state index < -0.39 is 0 Å². The first-order valence-corrected chi connectivity index (χ1v) is 7.61. The van der Waals surface area contributed by atoms with Gasteiger partial charge in [-0.3, -0.25) is 4.90 Å². The number of thiazole rings is 1. The van der Waals surface area contributed by atoms with Crippen molar-refractivity contribution in [1.29, 1.82) is 0 Å². The number of rotatable bonds is 5. The average Bonchev–Trinajstić information content (AvgIpc) is 2.75. The third-order valence-electron chi connectivity index (χ3n) is 2.78. The lowest BCUT2D eigenvalue weighted by atomic mass is 10.2. The van der Waals surface area contributed by atoms with Crippen LogP contribution in [0.1, 0.15) is 15.4 Å². The normalized spacial score (nSPS) is 11.0. The van der Waals surface area contributed by atoms with Gasteiger partial charge in [0.25, 0.3) is 0 Å². The van der Waals surface area contributed by atoms with Gasteiger partial charge in [0, 0.05) is 34.2 Å². The molecule has 1 aromatic carbocycles. The Labute approximate surface area is 126 Å². The molecule has 1 heterocycles. The van der Waals surface area contributed by atoms with Crippen LogP contribution in [0.5, 0.6) is 5.75 Å². The lowest BCUT2D eigenvalue weighted by molar-refractivity contribution is 0.312. The Morgan fingerprint density at radius 3 is 2.79 bits per heavy atom. The zero-order valence-electron chi connectivity index (χ0n) is 11.3. The van der Waals surface area contributed by atoms with E-state index in [9.17, 15) is 0 Å². The standard InChI is InChI=1S/C14H17BrN2OS/c1-10-16-7-13(19-10)9-17(2)8-11-6-12(15)4-5-14(11)18-3/h4-7H,8-9H2,1-3H3. The van der Waals surface area contributed by atoms with Crippen LogP contribution in [-0.4, -0.2) is 24.0 Å². The fraction of sp³-hybridized carbons (Fsp3) is 0.357. The molecule has 0 radical (unpaired) electrons. The summed E-state index contributed by atoms with van der Waals surface area (Å²) < 4.78 is 6.47. The molecule has 2 rings (SSSR count). The Balaban J connectivity index is 2.05. The van der Waals surface area contributed by atoms with Gasteiger partial charge in [0.1, 0.15) is 5.75 Å². The first-order chi connectivity index (χ1) is 9.08. The molecule has 0 atom stereocenters. The molecule has 2 aromatic rings. The highest BCUT2D eigenvalue weighted by molar-refractivity contribution is 9.10. The van der Waals surface area contributed by atoms with Gasteiger partial charge in [-0.05, 0) is 32.2 Å². The summed E-state index contributed by atoms with van der Waals surface area (Å²) in [5.41, 5.74) is 1.18. The van der Waals surface area contributed by atoms with Crippen LogP contribution >= 0.6 is 27.3 Å². The molecule has 0 aliphatic heterocycles. The number of benzene rings is 1. The van der Waals surface area contributed by atoms with Gasteiger partial charge >= 0.3 is 0 Å². The topological polar surface area (TPSA) is 25.4 Å². The molecular weight excluding hydrogens is 324 g/mol. The SMILES string of the molecule is COc1ccc(Br)cc1CN(C)Cc1cnc(C)s1. The molecule has 0 aliphatic rings. The number of aromatic nitrogens is 1. The Bertz CT molecular complexity index is 556. The second kappa shape index (κ2) is 6.50. The summed E-state index contributed by atoms with van der Waals surface area (Å²) in [5, 5.41) is 1.11. The van der Waals surface area contributed by atoms with Crippen molar-refractivity contribution in [1.82, 2.24) is 9.88 Å². The van der Waals surface area contributed by atoms with E-state index >= 15 is 0 Å². The predicted octanol–water partition coefficient (Wildman–Crippen LogP) is 3.85. The van der Waals surface area contributed by atoms with Crippen molar-refractivity contribution < 1.29 is 4.74 Å². The van der Waals surface area contributed by atoms with Gasteiger partial charge in [0.05, 0.1) is 12.1 Å². The van der Waals surface area contributed by atoms with Crippen molar-refractivity contribution in [3.8, 4) is 5.75 Å². The molecule has 0 unspecified atom stereocenters. The Morgan fingerprint density at radius 2 is 2.16 bits per heavy atom. The second-order valence-electron chi connectivity index (χ2n) is 4.47. The number of ether oxygens (including phenoxy) is 1. The Morgan fingerprint density at radius 1 is 1.37 bits per heavy atom. The van der Waals surface area contributed by atoms with Gasteiger partial charge < -0.3 is 4.74 Å². The lowest BCUT2D eigenvalue weighted by Crippen LogP contribution is -2.17. The minimum absolute atomic E-state index is 0.847. The van der Waals surface area contributed by atoms with Crippen LogP contribution in [-0.2, 0) is 13.1 Å². The van der Waals surface area contributed by atoms with Gasteiger partial charge in [0.15, 0.2) is 0 Å². The fourth-order valence-corrected chi connectivity index (χ4v) is 3.25. The zero-order valence-corrected chi connectivity index (χ0v) is 13.7. The molecule has 0 fully saturated rings. The summed E-state index contributed by atoms with van der Waals surface area (Å²) in [6.45, 7) is 3.78. The number of hydrogen-bond donors (Lipinski definition) is 0. The number of aryl methyl sites for hydroxylation is 1. The first-order valence-electron chi connectivity index (χ1n) is 6.00. The van der Waals surface area contributed by atoms with E-state index in [0.29, 0.717) is 0 Å². The summed E-state index contributed by atoms with van der Waals surface area (Å²) in [6, 6.07) is 6.09. The molecule has 0 bridgehead atoms. The van der Waals surface area contributed by atoms with E-state index in [1.165, 1.54) is 10.4 Å². The van der Waals surface area contributed by atoms with Crippen molar-refractivity contribution in [2.24, 2.45) is 0 Å². The molecule has 0 N–H and O–H groups in total. The summed E-state index contributed by atoms with van der Waals surface area (Å²) >= 11 is 5.25. The highest BCUT2D eigenvalue weighted by Gasteiger charge is 2.09. The minimum Gasteiger partial charge on any atom is -0.496 e. The molecule has 0 spiro atoms. The maximum atomic E-state index is 5.40. The van der Waals surface area contributed by atoms with Crippen molar-refractivity contribution in [3.05, 3.63) is 44.3 Å². The van der Waals surface area contributed by atoms with Gasteiger partial charge in [-0.15, -0.1) is 11.3 Å². The van der Waals surface area contributed by atoms with E-state index in [2.05, 4.69) is 38.9 Å². The van der Waals surface area contributed by atoms with Crippen LogP contribution in [0.25, 0.3) is 0 Å². The highest BCUT2D eigenvalue weighted by Crippen LogP contribution is 2.24. The van der Waals surface area contributed by atoms with Crippen molar-refractivity contribution in [2.45, 2.75) is 20.0 Å². The largest absolute Gasteiger partial charge is 0.496 e. The monoisotopic (exact) mass is 340 g/mol. The summed E-state index contributed by atoms with van der Waals surface area (Å²) in [4.78, 5) is 7.83. The summed E-state index contributed by atoms with van der Waals surface area (Å²) in [7, 11) is 3.81. The van der Waals surface area contributed by atoms with E-state index in [0.717, 1.165) is 28.3 Å². The zero-order chi connectivity index (χ0) is 13.8. The molecule has 0 saturated heterocycles. The van der Waals surface area contributed by atoms with Crippen molar-refractivity contribution >= 4 is 27.3 Å². The maximum absolute atomic E-state index is 5.40. The molecule has 19 heavy (non-hydrogen) atoms. The molecule has 0 saturated carbocycles. The molecule has 1 aromatic heterocycles. The van der Waals surface area contributed by atoms with Gasteiger partial charge in [-0.2, -0.15) is 0 Å². The van der Waals surface area contributed by atoms with Gasteiger partial charge in [0.2, 0.25) is 0 Å². The summed E-state index contributed by atoms with van der Waals surface area (Å²) in [5.74, 6) is 0.926. The number of nitrogens with zero attached hydrogens (tertiary/aromatic N) is 2. The van der Waals surface area contributed by atoms with Crippen LogP contribution in [0.4, 0.5) is 0 Å². The third kappa shape index (κ3) is 4.03. The summed E-state index contributed by atoms with van der Waals surface area (Å²) in [6.07, 6.45) is 1.95. The number of methoxy groups -OCH3 is 1. The second-order valence-corrected chi connectivity index (χ2v) is 6.71. The maximum Gasteiger partial charge on any atom is 0.123 e. The fourth-order valence-electron chi connectivity index (χ4n) is 1.96. The molecule has 102 valence electrons. The molecular formula is C14H17BrN2OS. The Hall–Kier alpha value is -0.910. The van der Waals surface area contributed by atoms with Crippen LogP contribution < -0.4 is 4.74 Å². The van der Waals surface area contributed by atoms with Gasteiger partial charge in [-0.25, -0.2) is 4.98 Å². The van der Waals surface area contributed by atoms with Crippen LogP contribution in [0.15, 0.2) is 28.9 Å². The van der Waals surface area contributed by atoms with E-state index in [-0.39, 0.29) is 0 Å². The van der Waals surface area contributed by atoms with Crippen LogP contribution in [0.3, 0.4) is 0 Å². The van der Waals surface area contributed by atoms with Gasteiger partial charge in [-0.1, -0.05) is 15.9 Å².